The number of benzene rings is 1. The summed E-state index contributed by atoms with van der Waals surface area (Å²) in [7, 11) is -3.55. The predicted molar refractivity (Wildman–Crippen MR) is 76.8 cm³/mol. The van der Waals surface area contributed by atoms with Crippen LogP contribution in [0.3, 0.4) is 0 Å². The van der Waals surface area contributed by atoms with Crippen LogP contribution in [-0.2, 0) is 16.6 Å². The monoisotopic (exact) mass is 298 g/mol. The fourth-order valence-electron chi connectivity index (χ4n) is 1.85. The van der Waals surface area contributed by atoms with E-state index >= 15 is 0 Å². The summed E-state index contributed by atoms with van der Waals surface area (Å²) >= 11 is 5.98. The van der Waals surface area contributed by atoms with Crippen LogP contribution in [0.4, 0.5) is 0 Å². The van der Waals surface area contributed by atoms with Crippen LogP contribution < -0.4 is 10.5 Å². The molecule has 0 heterocycles. The Bertz CT molecular complexity index is 636. The van der Waals surface area contributed by atoms with Crippen molar-refractivity contribution >= 4 is 21.6 Å². The second kappa shape index (κ2) is 5.77. The zero-order valence-corrected chi connectivity index (χ0v) is 11.8. The van der Waals surface area contributed by atoms with E-state index in [-0.39, 0.29) is 11.4 Å². The summed E-state index contributed by atoms with van der Waals surface area (Å²) in [6.07, 6.45) is 4.61. The van der Waals surface area contributed by atoms with Crippen LogP contribution in [0.1, 0.15) is 18.4 Å². The third-order valence-electron chi connectivity index (χ3n) is 2.89. The first kappa shape index (κ1) is 14.1. The van der Waals surface area contributed by atoms with Gasteiger partial charge in [0.15, 0.2) is 0 Å². The van der Waals surface area contributed by atoms with Crippen molar-refractivity contribution in [2.75, 3.05) is 0 Å². The van der Waals surface area contributed by atoms with Gasteiger partial charge in [0.05, 0.1) is 4.91 Å². The normalized spacial score (nSPS) is 15.8. The van der Waals surface area contributed by atoms with Crippen LogP contribution in [-0.4, -0.2) is 8.42 Å². The number of hydrogen-bond acceptors (Lipinski definition) is 3. The van der Waals surface area contributed by atoms with Crippen LogP contribution in [0.15, 0.2) is 47.0 Å². The highest BCUT2D eigenvalue weighted by Gasteiger charge is 2.21. The van der Waals surface area contributed by atoms with E-state index in [9.17, 15) is 8.42 Å². The first-order valence-corrected chi connectivity index (χ1v) is 7.75. The van der Waals surface area contributed by atoms with Gasteiger partial charge in [-0.2, -0.15) is 0 Å². The lowest BCUT2D eigenvalue weighted by Gasteiger charge is -2.14. The average molecular weight is 299 g/mol. The van der Waals surface area contributed by atoms with Crippen LogP contribution >= 0.6 is 11.6 Å². The lowest BCUT2D eigenvalue weighted by atomic mass is 10.1. The van der Waals surface area contributed by atoms with Gasteiger partial charge in [-0.1, -0.05) is 35.9 Å². The number of halogens is 1. The van der Waals surface area contributed by atoms with Crippen LogP contribution in [0, 0.1) is 0 Å². The molecule has 0 fully saturated rings. The molecule has 1 aliphatic rings. The van der Waals surface area contributed by atoms with Crippen LogP contribution in [0.5, 0.6) is 0 Å². The maximum atomic E-state index is 12.2. The van der Waals surface area contributed by atoms with Crippen molar-refractivity contribution < 1.29 is 8.42 Å². The molecule has 0 atom stereocenters. The molecule has 0 amide bonds. The SMILES string of the molecule is NC1=C(S(=O)(=O)NCc2ccccc2Cl)CCC=C1. The van der Waals surface area contributed by atoms with Gasteiger partial charge in [0.1, 0.15) is 0 Å². The molecule has 6 heteroatoms. The zero-order chi connectivity index (χ0) is 13.9. The van der Waals surface area contributed by atoms with Gasteiger partial charge >= 0.3 is 0 Å². The minimum absolute atomic E-state index is 0.155. The van der Waals surface area contributed by atoms with E-state index in [0.29, 0.717) is 23.6 Å². The van der Waals surface area contributed by atoms with Crippen LogP contribution in [0.25, 0.3) is 0 Å². The largest absolute Gasteiger partial charge is 0.398 e. The van der Waals surface area contributed by atoms with E-state index in [4.69, 9.17) is 17.3 Å². The highest BCUT2D eigenvalue weighted by Crippen LogP contribution is 2.21. The molecule has 0 saturated carbocycles. The molecule has 0 saturated heterocycles. The summed E-state index contributed by atoms with van der Waals surface area (Å²) in [6.45, 7) is 0.155. The molecule has 0 bridgehead atoms. The number of allylic oxidation sites excluding steroid dienone is 3. The Kier molecular flexibility index (Phi) is 4.29. The zero-order valence-electron chi connectivity index (χ0n) is 10.3. The van der Waals surface area contributed by atoms with Crippen molar-refractivity contribution in [3.8, 4) is 0 Å². The molecule has 19 heavy (non-hydrogen) atoms. The van der Waals surface area contributed by atoms with Gasteiger partial charge in [-0.3, -0.25) is 0 Å². The predicted octanol–water partition coefficient (Wildman–Crippen LogP) is 2.28. The van der Waals surface area contributed by atoms with E-state index in [1.54, 1.807) is 24.3 Å². The van der Waals surface area contributed by atoms with Gasteiger partial charge in [-0.05, 0) is 30.5 Å². The average Bonchev–Trinajstić information content (AvgIpc) is 2.38. The van der Waals surface area contributed by atoms with Crippen molar-refractivity contribution in [2.24, 2.45) is 5.73 Å². The van der Waals surface area contributed by atoms with Crippen molar-refractivity contribution in [1.82, 2.24) is 4.72 Å². The molecule has 0 spiro atoms. The minimum atomic E-state index is -3.55. The lowest BCUT2D eigenvalue weighted by Crippen LogP contribution is -2.27. The Labute approximate surface area is 118 Å². The van der Waals surface area contributed by atoms with Gasteiger partial charge in [0.2, 0.25) is 10.0 Å². The Morgan fingerprint density at radius 1 is 1.32 bits per heavy atom. The van der Waals surface area contributed by atoms with E-state index in [0.717, 1.165) is 5.56 Å². The number of sulfonamides is 1. The van der Waals surface area contributed by atoms with Crippen LogP contribution in [0.2, 0.25) is 5.02 Å². The maximum absolute atomic E-state index is 12.2. The third-order valence-corrected chi connectivity index (χ3v) is 4.87. The first-order valence-electron chi connectivity index (χ1n) is 5.89. The summed E-state index contributed by atoms with van der Waals surface area (Å²) in [5, 5.41) is 0.538. The number of hydrogen-bond donors (Lipinski definition) is 2. The van der Waals surface area contributed by atoms with E-state index in [2.05, 4.69) is 4.72 Å². The molecule has 4 nitrogen and oxygen atoms in total. The quantitative estimate of drug-likeness (QED) is 0.896. The fraction of sp³-hybridized carbons (Fsp3) is 0.231. The highest BCUT2D eigenvalue weighted by molar-refractivity contribution is 7.93. The third kappa shape index (κ3) is 3.37. The molecule has 0 aliphatic heterocycles. The Morgan fingerprint density at radius 3 is 2.74 bits per heavy atom. The molecule has 102 valence electrons. The molecular weight excluding hydrogens is 284 g/mol. The Morgan fingerprint density at radius 2 is 2.05 bits per heavy atom. The number of nitrogens with one attached hydrogen (secondary N) is 1. The molecule has 1 aromatic carbocycles. The summed E-state index contributed by atoms with van der Waals surface area (Å²) in [4.78, 5) is 0.252. The van der Waals surface area contributed by atoms with E-state index in [1.807, 2.05) is 12.1 Å². The maximum Gasteiger partial charge on any atom is 0.239 e. The standard InChI is InChI=1S/C13H15ClN2O2S/c14-11-6-2-1-5-10(11)9-16-19(17,18)13-8-4-3-7-12(13)15/h1-3,5-7,16H,4,8-9,15H2. The van der Waals surface area contributed by atoms with Crippen molar-refractivity contribution in [2.45, 2.75) is 19.4 Å². The van der Waals surface area contributed by atoms with E-state index < -0.39 is 10.0 Å². The van der Waals surface area contributed by atoms with Crippen molar-refractivity contribution in [3.63, 3.8) is 0 Å². The van der Waals surface area contributed by atoms with Gasteiger partial charge in [-0.15, -0.1) is 0 Å². The summed E-state index contributed by atoms with van der Waals surface area (Å²) in [5.74, 6) is 0. The molecule has 1 aromatic rings. The summed E-state index contributed by atoms with van der Waals surface area (Å²) in [6, 6.07) is 7.12. The topological polar surface area (TPSA) is 72.2 Å². The summed E-state index contributed by atoms with van der Waals surface area (Å²) < 4.78 is 26.8. The van der Waals surface area contributed by atoms with Crippen molar-refractivity contribution in [1.29, 1.82) is 0 Å². The van der Waals surface area contributed by atoms with Gasteiger partial charge in [0, 0.05) is 17.3 Å². The van der Waals surface area contributed by atoms with Gasteiger partial charge < -0.3 is 5.73 Å². The molecular formula is C13H15ClN2O2S. The number of rotatable bonds is 4. The van der Waals surface area contributed by atoms with E-state index in [1.165, 1.54) is 0 Å². The number of nitrogens with two attached hydrogens (primary N) is 1. The van der Waals surface area contributed by atoms with Crippen molar-refractivity contribution in [3.05, 3.63) is 57.6 Å². The molecule has 0 aromatic heterocycles. The second-order valence-electron chi connectivity index (χ2n) is 4.24. The second-order valence-corrected chi connectivity index (χ2v) is 6.43. The molecule has 2 rings (SSSR count). The Hall–Kier alpha value is -1.30. The highest BCUT2D eigenvalue weighted by atomic mass is 35.5. The molecule has 0 unspecified atom stereocenters. The smallest absolute Gasteiger partial charge is 0.239 e. The summed E-state index contributed by atoms with van der Waals surface area (Å²) in [5.41, 5.74) is 6.75. The van der Waals surface area contributed by atoms with Gasteiger partial charge in [-0.25, -0.2) is 13.1 Å². The first-order chi connectivity index (χ1) is 9.00. The minimum Gasteiger partial charge on any atom is -0.398 e. The lowest BCUT2D eigenvalue weighted by molar-refractivity contribution is 0.585. The fourth-order valence-corrected chi connectivity index (χ4v) is 3.34. The molecule has 1 aliphatic carbocycles. The molecule has 3 N–H and O–H groups in total. The molecule has 0 radical (unpaired) electrons. The van der Waals surface area contributed by atoms with Gasteiger partial charge in [0.25, 0.3) is 0 Å². The Balaban J connectivity index is 2.15.